The number of phenols is 1. The minimum Gasteiger partial charge on any atom is -0.508 e. The van der Waals surface area contributed by atoms with Gasteiger partial charge in [0.1, 0.15) is 11.6 Å². The molecule has 1 N–H and O–H groups in total. The van der Waals surface area contributed by atoms with Crippen LogP contribution in [0.15, 0.2) is 24.3 Å². The third-order valence-corrected chi connectivity index (χ3v) is 1.97. The van der Waals surface area contributed by atoms with E-state index >= 15 is 0 Å². The monoisotopic (exact) mass is 189 g/mol. The molecule has 2 rings (SSSR count). The Morgan fingerprint density at radius 1 is 1.36 bits per heavy atom. The average molecular weight is 189 g/mol. The molecule has 0 bridgehead atoms. The first-order valence-corrected chi connectivity index (χ1v) is 4.34. The summed E-state index contributed by atoms with van der Waals surface area (Å²) >= 11 is 0. The SMILES string of the molecule is Cc1nc(-c2cccc(O)c2)n(C)n1. The number of phenolic OH excluding ortho intramolecular Hbond substituents is 1. The number of rotatable bonds is 1. The highest BCUT2D eigenvalue weighted by molar-refractivity contribution is 5.57. The molecule has 0 aliphatic rings. The van der Waals surface area contributed by atoms with Gasteiger partial charge in [-0.2, -0.15) is 5.10 Å². The lowest BCUT2D eigenvalue weighted by Crippen LogP contribution is -1.94. The van der Waals surface area contributed by atoms with Crippen LogP contribution in [0.5, 0.6) is 5.75 Å². The predicted octanol–water partition coefficient (Wildman–Crippen LogP) is 1.50. The lowest BCUT2D eigenvalue weighted by molar-refractivity contribution is 0.475. The van der Waals surface area contributed by atoms with Crippen LogP contribution in [0.4, 0.5) is 0 Å². The third-order valence-electron chi connectivity index (χ3n) is 1.97. The maximum Gasteiger partial charge on any atom is 0.158 e. The highest BCUT2D eigenvalue weighted by atomic mass is 16.3. The van der Waals surface area contributed by atoms with Crippen molar-refractivity contribution < 1.29 is 5.11 Å². The molecule has 0 saturated carbocycles. The number of benzene rings is 1. The molecule has 0 unspecified atom stereocenters. The molecule has 1 aromatic heterocycles. The second-order valence-electron chi connectivity index (χ2n) is 3.16. The first kappa shape index (κ1) is 8.74. The van der Waals surface area contributed by atoms with Gasteiger partial charge in [-0.3, -0.25) is 0 Å². The Kier molecular flexibility index (Phi) is 1.96. The largest absolute Gasteiger partial charge is 0.508 e. The highest BCUT2D eigenvalue weighted by Gasteiger charge is 2.06. The van der Waals surface area contributed by atoms with Crippen molar-refractivity contribution in [1.29, 1.82) is 0 Å². The van der Waals surface area contributed by atoms with Gasteiger partial charge < -0.3 is 5.11 Å². The summed E-state index contributed by atoms with van der Waals surface area (Å²) in [4.78, 5) is 4.26. The van der Waals surface area contributed by atoms with Crippen molar-refractivity contribution in [3.05, 3.63) is 30.1 Å². The molecule has 0 saturated heterocycles. The summed E-state index contributed by atoms with van der Waals surface area (Å²) in [5.74, 6) is 1.73. The number of aromatic nitrogens is 3. The van der Waals surface area contributed by atoms with E-state index in [1.54, 1.807) is 22.9 Å². The van der Waals surface area contributed by atoms with Gasteiger partial charge in [0.15, 0.2) is 5.82 Å². The number of hydrogen-bond acceptors (Lipinski definition) is 3. The summed E-state index contributed by atoms with van der Waals surface area (Å²) in [6.45, 7) is 1.84. The van der Waals surface area contributed by atoms with Crippen LogP contribution in [-0.4, -0.2) is 19.9 Å². The van der Waals surface area contributed by atoms with Crippen LogP contribution in [0, 0.1) is 6.92 Å². The van der Waals surface area contributed by atoms with E-state index in [9.17, 15) is 5.11 Å². The van der Waals surface area contributed by atoms with E-state index in [1.165, 1.54) is 0 Å². The van der Waals surface area contributed by atoms with Gasteiger partial charge in [-0.05, 0) is 19.1 Å². The van der Waals surface area contributed by atoms with Crippen LogP contribution in [0.3, 0.4) is 0 Å². The smallest absolute Gasteiger partial charge is 0.158 e. The fourth-order valence-corrected chi connectivity index (χ4v) is 1.41. The standard InChI is InChI=1S/C10H11N3O/c1-7-11-10(13(2)12-7)8-4-3-5-9(14)6-8/h3-6,14H,1-2H3. The van der Waals surface area contributed by atoms with Crippen molar-refractivity contribution in [2.24, 2.45) is 7.05 Å². The van der Waals surface area contributed by atoms with Crippen LogP contribution in [0.25, 0.3) is 11.4 Å². The van der Waals surface area contributed by atoms with E-state index in [-0.39, 0.29) is 5.75 Å². The Labute approximate surface area is 81.8 Å². The number of aromatic hydroxyl groups is 1. The summed E-state index contributed by atoms with van der Waals surface area (Å²) in [6.07, 6.45) is 0. The maximum absolute atomic E-state index is 9.31. The van der Waals surface area contributed by atoms with Crippen LogP contribution in [0.1, 0.15) is 5.82 Å². The fourth-order valence-electron chi connectivity index (χ4n) is 1.41. The molecule has 0 atom stereocenters. The molecular formula is C10H11N3O. The van der Waals surface area contributed by atoms with E-state index in [1.807, 2.05) is 20.0 Å². The van der Waals surface area contributed by atoms with Gasteiger partial charge in [-0.25, -0.2) is 9.67 Å². The Morgan fingerprint density at radius 2 is 2.14 bits per heavy atom. The second-order valence-corrected chi connectivity index (χ2v) is 3.16. The van der Waals surface area contributed by atoms with Gasteiger partial charge in [0.2, 0.25) is 0 Å². The first-order valence-electron chi connectivity index (χ1n) is 4.34. The second kappa shape index (κ2) is 3.14. The van der Waals surface area contributed by atoms with Crippen LogP contribution >= 0.6 is 0 Å². The first-order chi connectivity index (χ1) is 6.66. The summed E-state index contributed by atoms with van der Waals surface area (Å²) < 4.78 is 1.70. The molecule has 0 spiro atoms. The van der Waals surface area contributed by atoms with Gasteiger partial charge in [0, 0.05) is 12.6 Å². The molecule has 1 heterocycles. The minimum atomic E-state index is 0.239. The molecular weight excluding hydrogens is 178 g/mol. The molecule has 0 aliphatic heterocycles. The van der Waals surface area contributed by atoms with Crippen LogP contribution in [-0.2, 0) is 7.05 Å². The van der Waals surface area contributed by atoms with Crippen molar-refractivity contribution in [3.8, 4) is 17.1 Å². The Bertz CT molecular complexity index is 462. The normalized spacial score (nSPS) is 10.4. The molecule has 14 heavy (non-hydrogen) atoms. The molecule has 2 aromatic rings. The molecule has 72 valence electrons. The van der Waals surface area contributed by atoms with Crippen molar-refractivity contribution in [2.45, 2.75) is 6.92 Å². The van der Waals surface area contributed by atoms with Crippen molar-refractivity contribution in [3.63, 3.8) is 0 Å². The molecule has 0 aliphatic carbocycles. The van der Waals surface area contributed by atoms with Crippen molar-refractivity contribution in [1.82, 2.24) is 14.8 Å². The molecule has 1 aromatic carbocycles. The molecule has 4 nitrogen and oxygen atoms in total. The van der Waals surface area contributed by atoms with Crippen LogP contribution in [0.2, 0.25) is 0 Å². The van der Waals surface area contributed by atoms with Gasteiger partial charge in [0.05, 0.1) is 0 Å². The Morgan fingerprint density at radius 3 is 2.71 bits per heavy atom. The summed E-state index contributed by atoms with van der Waals surface area (Å²) in [5, 5.41) is 13.5. The van der Waals surface area contributed by atoms with E-state index in [0.29, 0.717) is 0 Å². The summed E-state index contributed by atoms with van der Waals surface area (Å²) in [7, 11) is 1.83. The zero-order chi connectivity index (χ0) is 10.1. The Hall–Kier alpha value is -1.84. The zero-order valence-corrected chi connectivity index (χ0v) is 8.10. The topological polar surface area (TPSA) is 50.9 Å². The predicted molar refractivity (Wildman–Crippen MR) is 52.8 cm³/mol. The Balaban J connectivity index is 2.54. The van der Waals surface area contributed by atoms with Crippen molar-refractivity contribution in [2.75, 3.05) is 0 Å². The van der Waals surface area contributed by atoms with Crippen molar-refractivity contribution >= 4 is 0 Å². The molecule has 4 heteroatoms. The number of hydrogen-bond donors (Lipinski definition) is 1. The number of aryl methyl sites for hydroxylation is 2. The van der Waals surface area contributed by atoms with Gasteiger partial charge in [-0.15, -0.1) is 0 Å². The van der Waals surface area contributed by atoms with E-state index in [0.717, 1.165) is 17.2 Å². The van der Waals surface area contributed by atoms with Crippen LogP contribution < -0.4 is 0 Å². The van der Waals surface area contributed by atoms with Gasteiger partial charge in [0.25, 0.3) is 0 Å². The highest BCUT2D eigenvalue weighted by Crippen LogP contribution is 2.20. The van der Waals surface area contributed by atoms with Gasteiger partial charge in [-0.1, -0.05) is 12.1 Å². The molecule has 0 amide bonds. The van der Waals surface area contributed by atoms with E-state index < -0.39 is 0 Å². The fraction of sp³-hybridized carbons (Fsp3) is 0.200. The number of nitrogens with zero attached hydrogens (tertiary/aromatic N) is 3. The lowest BCUT2D eigenvalue weighted by Gasteiger charge is -1.99. The summed E-state index contributed by atoms with van der Waals surface area (Å²) in [6, 6.07) is 6.98. The van der Waals surface area contributed by atoms with Gasteiger partial charge >= 0.3 is 0 Å². The maximum atomic E-state index is 9.31. The van der Waals surface area contributed by atoms with E-state index in [4.69, 9.17) is 0 Å². The third kappa shape index (κ3) is 1.46. The molecule has 0 fully saturated rings. The lowest BCUT2D eigenvalue weighted by atomic mass is 10.2. The van der Waals surface area contributed by atoms with E-state index in [2.05, 4.69) is 10.1 Å². The average Bonchev–Trinajstić information content (AvgIpc) is 2.45. The quantitative estimate of drug-likeness (QED) is 0.739. The minimum absolute atomic E-state index is 0.239. The zero-order valence-electron chi connectivity index (χ0n) is 8.10. The summed E-state index contributed by atoms with van der Waals surface area (Å²) in [5.41, 5.74) is 0.869. The molecule has 0 radical (unpaired) electrons.